The minimum absolute atomic E-state index is 0.0561. The molecule has 1 amide bonds. The van der Waals surface area contributed by atoms with Crippen molar-refractivity contribution in [1.82, 2.24) is 5.32 Å². The van der Waals surface area contributed by atoms with Gasteiger partial charge in [-0.1, -0.05) is 72.8 Å². The van der Waals surface area contributed by atoms with E-state index in [-0.39, 0.29) is 11.9 Å². The van der Waals surface area contributed by atoms with Crippen LogP contribution in [0, 0.1) is 0 Å². The number of carbonyl (C=O) groups is 2. The number of alkyl carbamates (subject to hydrolysis) is 1. The van der Waals surface area contributed by atoms with Crippen LogP contribution >= 0.6 is 0 Å². The Balaban J connectivity index is 1.23. The van der Waals surface area contributed by atoms with Gasteiger partial charge in [-0.25, -0.2) is 9.59 Å². The van der Waals surface area contributed by atoms with E-state index in [2.05, 4.69) is 29.6 Å². The summed E-state index contributed by atoms with van der Waals surface area (Å²) in [6, 6.07) is 23.8. The average molecular weight is 442 g/mol. The Labute approximate surface area is 194 Å². The standard InChI is InChI=1S/C28H27NO4/c1-2-32-27(30)21-16-14-20(15-17-21)9-7-8-18-29-28(31)33-19-26-24-12-5-3-10-22(24)23-11-4-6-13-25(23)26/h3-7,9-17,26H,2,8,18-19H2,1H3,(H,29,31). The molecule has 3 aromatic carbocycles. The smallest absolute Gasteiger partial charge is 0.407 e. The van der Waals surface area contributed by atoms with Crippen molar-refractivity contribution in [2.24, 2.45) is 0 Å². The molecule has 0 saturated carbocycles. The minimum Gasteiger partial charge on any atom is -0.462 e. The highest BCUT2D eigenvalue weighted by molar-refractivity contribution is 5.89. The molecular weight excluding hydrogens is 414 g/mol. The molecule has 0 atom stereocenters. The van der Waals surface area contributed by atoms with Gasteiger partial charge in [-0.05, 0) is 53.3 Å². The van der Waals surface area contributed by atoms with Gasteiger partial charge in [0.1, 0.15) is 6.61 Å². The van der Waals surface area contributed by atoms with Crippen LogP contribution < -0.4 is 5.32 Å². The van der Waals surface area contributed by atoms with Crippen molar-refractivity contribution in [3.63, 3.8) is 0 Å². The SMILES string of the molecule is CCOC(=O)c1ccc(C=CCCNC(=O)OCC2c3ccccc3-c3ccccc32)cc1. The van der Waals surface area contributed by atoms with Gasteiger partial charge in [-0.2, -0.15) is 0 Å². The first-order chi connectivity index (χ1) is 16.2. The van der Waals surface area contributed by atoms with E-state index in [0.717, 1.165) is 5.56 Å². The number of hydrogen-bond donors (Lipinski definition) is 1. The predicted octanol–water partition coefficient (Wildman–Crippen LogP) is 5.81. The Kier molecular flexibility index (Phi) is 7.20. The topological polar surface area (TPSA) is 64.6 Å². The molecule has 0 aliphatic heterocycles. The van der Waals surface area contributed by atoms with Crippen LogP contribution in [0.25, 0.3) is 17.2 Å². The van der Waals surface area contributed by atoms with Crippen molar-refractivity contribution >= 4 is 18.1 Å². The number of rotatable bonds is 8. The minimum atomic E-state index is -0.413. The van der Waals surface area contributed by atoms with Crippen molar-refractivity contribution in [2.75, 3.05) is 19.8 Å². The third-order valence-corrected chi connectivity index (χ3v) is 5.66. The molecule has 0 spiro atoms. The molecule has 0 unspecified atom stereocenters. The van der Waals surface area contributed by atoms with Gasteiger partial charge >= 0.3 is 12.1 Å². The van der Waals surface area contributed by atoms with Crippen molar-refractivity contribution in [3.8, 4) is 11.1 Å². The van der Waals surface area contributed by atoms with E-state index in [1.54, 1.807) is 19.1 Å². The number of carbonyl (C=O) groups excluding carboxylic acids is 2. The van der Waals surface area contributed by atoms with Gasteiger partial charge < -0.3 is 14.8 Å². The third kappa shape index (κ3) is 5.32. The molecule has 1 N–H and O–H groups in total. The summed E-state index contributed by atoms with van der Waals surface area (Å²) in [6.07, 6.45) is 4.19. The van der Waals surface area contributed by atoms with E-state index < -0.39 is 6.09 Å². The van der Waals surface area contributed by atoms with Gasteiger partial charge in [0.25, 0.3) is 0 Å². The van der Waals surface area contributed by atoms with Crippen LogP contribution in [0.3, 0.4) is 0 Å². The molecule has 5 heteroatoms. The summed E-state index contributed by atoms with van der Waals surface area (Å²) < 4.78 is 10.5. The van der Waals surface area contributed by atoms with Gasteiger partial charge in [0.05, 0.1) is 12.2 Å². The summed E-state index contributed by atoms with van der Waals surface area (Å²) in [5.41, 5.74) is 6.33. The first-order valence-electron chi connectivity index (χ1n) is 11.2. The molecule has 33 heavy (non-hydrogen) atoms. The van der Waals surface area contributed by atoms with Crippen molar-refractivity contribution in [1.29, 1.82) is 0 Å². The van der Waals surface area contributed by atoms with Gasteiger partial charge in [-0.3, -0.25) is 0 Å². The predicted molar refractivity (Wildman–Crippen MR) is 129 cm³/mol. The molecule has 0 aromatic heterocycles. The zero-order chi connectivity index (χ0) is 23.0. The highest BCUT2D eigenvalue weighted by atomic mass is 16.5. The van der Waals surface area contributed by atoms with E-state index in [1.165, 1.54) is 22.3 Å². The summed E-state index contributed by atoms with van der Waals surface area (Å²) >= 11 is 0. The van der Waals surface area contributed by atoms with Crippen LogP contribution in [-0.4, -0.2) is 31.8 Å². The van der Waals surface area contributed by atoms with Crippen molar-refractivity contribution < 1.29 is 19.1 Å². The number of ether oxygens (including phenoxy) is 2. The largest absolute Gasteiger partial charge is 0.462 e. The van der Waals surface area contributed by atoms with Crippen LogP contribution in [0.15, 0.2) is 78.9 Å². The molecule has 0 fully saturated rings. The lowest BCUT2D eigenvalue weighted by Crippen LogP contribution is -2.26. The maximum atomic E-state index is 12.2. The van der Waals surface area contributed by atoms with Crippen LogP contribution in [0.1, 0.15) is 46.3 Å². The Morgan fingerprint density at radius 3 is 2.15 bits per heavy atom. The lowest BCUT2D eigenvalue weighted by atomic mass is 9.98. The van der Waals surface area contributed by atoms with Gasteiger partial charge in [0.2, 0.25) is 0 Å². The molecule has 0 radical (unpaired) electrons. The maximum Gasteiger partial charge on any atom is 0.407 e. The third-order valence-electron chi connectivity index (χ3n) is 5.66. The quantitative estimate of drug-likeness (QED) is 0.354. The lowest BCUT2D eigenvalue weighted by molar-refractivity contribution is 0.0526. The average Bonchev–Trinajstić information content (AvgIpc) is 3.17. The fraction of sp³-hybridized carbons (Fsp3) is 0.214. The van der Waals surface area contributed by atoms with E-state index in [0.29, 0.717) is 31.7 Å². The molecule has 1 aliphatic rings. The molecule has 0 heterocycles. The number of amides is 1. The van der Waals surface area contributed by atoms with Gasteiger partial charge in [0.15, 0.2) is 0 Å². The second-order valence-corrected chi connectivity index (χ2v) is 7.79. The normalized spacial score (nSPS) is 12.3. The first kappa shape index (κ1) is 22.3. The monoisotopic (exact) mass is 441 g/mol. The fourth-order valence-corrected chi connectivity index (χ4v) is 4.07. The molecule has 0 bridgehead atoms. The van der Waals surface area contributed by atoms with E-state index in [4.69, 9.17) is 9.47 Å². The summed E-state index contributed by atoms with van der Waals surface area (Å²) in [7, 11) is 0. The van der Waals surface area contributed by atoms with E-state index >= 15 is 0 Å². The zero-order valence-corrected chi connectivity index (χ0v) is 18.6. The maximum absolute atomic E-state index is 12.2. The summed E-state index contributed by atoms with van der Waals surface area (Å²) in [5.74, 6) is -0.263. The van der Waals surface area contributed by atoms with Gasteiger partial charge in [0, 0.05) is 12.5 Å². The lowest BCUT2D eigenvalue weighted by Gasteiger charge is -2.14. The summed E-state index contributed by atoms with van der Waals surface area (Å²) in [6.45, 7) is 2.93. The highest BCUT2D eigenvalue weighted by Gasteiger charge is 2.28. The van der Waals surface area contributed by atoms with Crippen molar-refractivity contribution in [2.45, 2.75) is 19.3 Å². The second kappa shape index (κ2) is 10.6. The number of nitrogens with one attached hydrogen (secondary N) is 1. The second-order valence-electron chi connectivity index (χ2n) is 7.79. The van der Waals surface area contributed by atoms with Crippen LogP contribution in [0.4, 0.5) is 4.79 Å². The van der Waals surface area contributed by atoms with Crippen LogP contribution in [-0.2, 0) is 9.47 Å². The van der Waals surface area contributed by atoms with E-state index in [1.807, 2.05) is 48.6 Å². The number of fused-ring (bicyclic) bond motifs is 3. The number of benzene rings is 3. The zero-order valence-electron chi connectivity index (χ0n) is 18.6. The molecule has 0 saturated heterocycles. The number of hydrogen-bond acceptors (Lipinski definition) is 4. The Hall–Kier alpha value is -3.86. The molecular formula is C28H27NO4. The Morgan fingerprint density at radius 1 is 0.879 bits per heavy atom. The van der Waals surface area contributed by atoms with Crippen LogP contribution in [0.5, 0.6) is 0 Å². The summed E-state index contributed by atoms with van der Waals surface area (Å²) in [4.78, 5) is 23.9. The summed E-state index contributed by atoms with van der Waals surface area (Å²) in [5, 5.41) is 2.81. The first-order valence-corrected chi connectivity index (χ1v) is 11.2. The molecule has 5 nitrogen and oxygen atoms in total. The number of esters is 1. The molecule has 3 aromatic rings. The van der Waals surface area contributed by atoms with Gasteiger partial charge in [-0.15, -0.1) is 0 Å². The highest BCUT2D eigenvalue weighted by Crippen LogP contribution is 2.44. The molecule has 168 valence electrons. The van der Waals surface area contributed by atoms with Crippen LogP contribution in [0.2, 0.25) is 0 Å². The van der Waals surface area contributed by atoms with Crippen molar-refractivity contribution in [3.05, 3.63) is 101 Å². The Bertz CT molecular complexity index is 1110. The molecule has 1 aliphatic carbocycles. The Morgan fingerprint density at radius 2 is 1.52 bits per heavy atom. The molecule has 4 rings (SSSR count). The van der Waals surface area contributed by atoms with E-state index in [9.17, 15) is 9.59 Å². The fourth-order valence-electron chi connectivity index (χ4n) is 4.07.